The van der Waals surface area contributed by atoms with Crippen LogP contribution in [0.3, 0.4) is 0 Å². The third-order valence-corrected chi connectivity index (χ3v) is 12.2. The highest BCUT2D eigenvalue weighted by molar-refractivity contribution is 6.74. The van der Waals surface area contributed by atoms with E-state index in [1.54, 1.807) is 31.4 Å². The van der Waals surface area contributed by atoms with Gasteiger partial charge in [-0.1, -0.05) is 32.9 Å². The Labute approximate surface area is 187 Å². The molecule has 1 saturated carbocycles. The summed E-state index contributed by atoms with van der Waals surface area (Å²) in [6, 6.07) is 7.31. The first-order chi connectivity index (χ1) is 14.4. The molecule has 1 aliphatic heterocycles. The van der Waals surface area contributed by atoms with Gasteiger partial charge in [0.05, 0.1) is 7.11 Å². The van der Waals surface area contributed by atoms with Crippen LogP contribution in [0.25, 0.3) is 0 Å². The minimum atomic E-state index is -2.27. The van der Waals surface area contributed by atoms with Crippen LogP contribution in [0.5, 0.6) is 5.75 Å². The average Bonchev–Trinajstić information content (AvgIpc) is 3.06. The van der Waals surface area contributed by atoms with E-state index in [-0.39, 0.29) is 23.7 Å². The predicted octanol–water partition coefficient (Wildman–Crippen LogP) is 5.22. The summed E-state index contributed by atoms with van der Waals surface area (Å²) in [6.07, 6.45) is 4.00. The number of alkyl halides is 1. The molecule has 2 aliphatic rings. The zero-order valence-corrected chi connectivity index (χ0v) is 20.8. The largest absolute Gasteiger partial charge is 0.497 e. The standard InChI is InChI=1S/C24H38FNO4Si/c1-23(2,3)31(5,6)30-20-13-9-18(10-14-20)26-15-21(24(25,16-26)22(27)28)17-7-11-19(29-4)12-8-17/h7-8,11-12,18,20-21H,9-10,13-16H2,1-6H3,(H,27,28)/t18-,20-,21-,24-/m0/s1. The molecule has 0 unspecified atom stereocenters. The van der Waals surface area contributed by atoms with Crippen molar-refractivity contribution in [2.24, 2.45) is 0 Å². The number of nitrogens with zero attached hydrogens (tertiary/aromatic N) is 1. The molecule has 31 heavy (non-hydrogen) atoms. The highest BCUT2D eigenvalue weighted by Gasteiger charge is 2.55. The molecular formula is C24H38FNO4Si. The van der Waals surface area contributed by atoms with Crippen LogP contribution < -0.4 is 4.74 Å². The summed E-state index contributed by atoms with van der Waals surface area (Å²) in [5, 5.41) is 9.91. The first-order valence-corrected chi connectivity index (χ1v) is 14.3. The number of hydrogen-bond acceptors (Lipinski definition) is 4. The maximum absolute atomic E-state index is 15.7. The highest BCUT2D eigenvalue weighted by Crippen LogP contribution is 2.43. The predicted molar refractivity (Wildman–Crippen MR) is 123 cm³/mol. The van der Waals surface area contributed by atoms with Gasteiger partial charge < -0.3 is 14.3 Å². The monoisotopic (exact) mass is 451 g/mol. The van der Waals surface area contributed by atoms with Crippen LogP contribution in [-0.2, 0) is 9.22 Å². The Morgan fingerprint density at radius 1 is 1.16 bits per heavy atom. The fraction of sp³-hybridized carbons (Fsp3) is 0.708. The quantitative estimate of drug-likeness (QED) is 0.601. The maximum atomic E-state index is 15.7. The minimum Gasteiger partial charge on any atom is -0.497 e. The molecule has 1 saturated heterocycles. The summed E-state index contributed by atoms with van der Waals surface area (Å²) in [5.74, 6) is -1.37. The van der Waals surface area contributed by atoms with Crippen LogP contribution in [0, 0.1) is 0 Å². The first kappa shape index (κ1) is 24.2. The molecule has 0 radical (unpaired) electrons. The number of aliphatic carboxylic acids is 1. The molecule has 2 fully saturated rings. The molecular weight excluding hydrogens is 413 g/mol. The lowest BCUT2D eigenvalue weighted by Gasteiger charge is -2.42. The lowest BCUT2D eigenvalue weighted by Crippen LogP contribution is -2.47. The van der Waals surface area contributed by atoms with Crippen LogP contribution in [0.2, 0.25) is 18.1 Å². The molecule has 1 aromatic carbocycles. The van der Waals surface area contributed by atoms with E-state index in [1.807, 2.05) is 0 Å². The molecule has 0 amide bonds. The van der Waals surface area contributed by atoms with E-state index < -0.39 is 25.9 Å². The van der Waals surface area contributed by atoms with Gasteiger partial charge >= 0.3 is 5.97 Å². The summed E-state index contributed by atoms with van der Waals surface area (Å²) >= 11 is 0. The SMILES string of the molecule is COc1ccc([C@@H]2CN([C@H]3CC[C@H](O[Si](C)(C)C(C)(C)C)CC3)C[C@@]2(F)C(=O)O)cc1. The van der Waals surface area contributed by atoms with E-state index in [1.165, 1.54) is 0 Å². The van der Waals surface area contributed by atoms with Crippen LogP contribution >= 0.6 is 0 Å². The lowest BCUT2D eigenvalue weighted by molar-refractivity contribution is -0.151. The number of carboxylic acids is 1. The van der Waals surface area contributed by atoms with Crippen LogP contribution in [0.1, 0.15) is 57.9 Å². The van der Waals surface area contributed by atoms with Crippen molar-refractivity contribution < 1.29 is 23.5 Å². The van der Waals surface area contributed by atoms with E-state index in [4.69, 9.17) is 9.16 Å². The third-order valence-electron chi connectivity index (χ3n) is 7.70. The van der Waals surface area contributed by atoms with Gasteiger partial charge in [0.25, 0.3) is 0 Å². The van der Waals surface area contributed by atoms with E-state index >= 15 is 4.39 Å². The highest BCUT2D eigenvalue weighted by atomic mass is 28.4. The molecule has 3 rings (SSSR count). The van der Waals surface area contributed by atoms with E-state index in [0.29, 0.717) is 17.9 Å². The number of carboxylic acid groups (broad SMARTS) is 1. The molecule has 0 bridgehead atoms. The second-order valence-electron chi connectivity index (χ2n) is 10.7. The molecule has 7 heteroatoms. The Kier molecular flexibility index (Phi) is 6.89. The molecule has 174 valence electrons. The van der Waals surface area contributed by atoms with Crippen molar-refractivity contribution in [1.29, 1.82) is 0 Å². The summed E-state index contributed by atoms with van der Waals surface area (Å²) in [7, 11) is -0.231. The summed E-state index contributed by atoms with van der Waals surface area (Å²) in [4.78, 5) is 14.0. The number of rotatable bonds is 6. The number of halogens is 1. The molecule has 1 aliphatic carbocycles. The van der Waals surface area contributed by atoms with E-state index in [0.717, 1.165) is 25.7 Å². The number of likely N-dealkylation sites (tertiary alicyclic amines) is 1. The van der Waals surface area contributed by atoms with Crippen LogP contribution in [0.15, 0.2) is 24.3 Å². The molecule has 1 heterocycles. The molecule has 1 N–H and O–H groups in total. The van der Waals surface area contributed by atoms with Crippen molar-refractivity contribution in [2.45, 2.75) is 88.3 Å². The van der Waals surface area contributed by atoms with Gasteiger partial charge in [-0.15, -0.1) is 0 Å². The van der Waals surface area contributed by atoms with Crippen LogP contribution in [-0.4, -0.2) is 62.3 Å². The van der Waals surface area contributed by atoms with Crippen molar-refractivity contribution in [3.05, 3.63) is 29.8 Å². The summed E-state index contributed by atoms with van der Waals surface area (Å²) in [6.45, 7) is 11.7. The number of hydrogen-bond donors (Lipinski definition) is 1. The lowest BCUT2D eigenvalue weighted by atomic mass is 9.86. The van der Waals surface area contributed by atoms with E-state index in [9.17, 15) is 9.90 Å². The van der Waals surface area contributed by atoms with Crippen molar-refractivity contribution in [3.8, 4) is 5.75 Å². The van der Waals surface area contributed by atoms with Gasteiger partial charge in [0.2, 0.25) is 5.67 Å². The maximum Gasteiger partial charge on any atom is 0.343 e. The summed E-state index contributed by atoms with van der Waals surface area (Å²) in [5.41, 5.74) is -1.56. The number of ether oxygens (including phenoxy) is 1. The Hall–Kier alpha value is -1.44. The fourth-order valence-corrected chi connectivity index (χ4v) is 6.09. The van der Waals surface area contributed by atoms with Crippen molar-refractivity contribution in [3.63, 3.8) is 0 Å². The van der Waals surface area contributed by atoms with Gasteiger partial charge in [0, 0.05) is 31.2 Å². The van der Waals surface area contributed by atoms with E-state index in [2.05, 4.69) is 38.8 Å². The van der Waals surface area contributed by atoms with Gasteiger partial charge in [0.1, 0.15) is 5.75 Å². The number of carbonyl (C=O) groups is 1. The molecule has 0 spiro atoms. The number of benzene rings is 1. The number of methoxy groups -OCH3 is 1. The van der Waals surface area contributed by atoms with Crippen LogP contribution in [0.4, 0.5) is 4.39 Å². The van der Waals surface area contributed by atoms with Gasteiger partial charge in [-0.25, -0.2) is 9.18 Å². The van der Waals surface area contributed by atoms with Gasteiger partial charge in [0.15, 0.2) is 8.32 Å². The molecule has 0 aromatic heterocycles. The second kappa shape index (κ2) is 8.83. The second-order valence-corrected chi connectivity index (χ2v) is 15.5. The fourth-order valence-electron chi connectivity index (χ4n) is 4.67. The molecule has 1 aromatic rings. The minimum absolute atomic E-state index is 0.0581. The molecule has 5 nitrogen and oxygen atoms in total. The summed E-state index contributed by atoms with van der Waals surface area (Å²) < 4.78 is 27.5. The zero-order valence-electron chi connectivity index (χ0n) is 19.8. The third kappa shape index (κ3) is 4.99. The Bertz CT molecular complexity index is 771. The smallest absolute Gasteiger partial charge is 0.343 e. The normalized spacial score (nSPS) is 30.4. The van der Waals surface area contributed by atoms with Crippen molar-refractivity contribution >= 4 is 14.3 Å². The van der Waals surface area contributed by atoms with Gasteiger partial charge in [-0.2, -0.15) is 0 Å². The van der Waals surface area contributed by atoms with Gasteiger partial charge in [-0.05, 0) is 61.5 Å². The Morgan fingerprint density at radius 2 is 1.74 bits per heavy atom. The van der Waals surface area contributed by atoms with Crippen molar-refractivity contribution in [2.75, 3.05) is 20.2 Å². The zero-order chi connectivity index (χ0) is 23.0. The van der Waals surface area contributed by atoms with Gasteiger partial charge in [-0.3, -0.25) is 4.90 Å². The Morgan fingerprint density at radius 3 is 2.23 bits per heavy atom. The van der Waals surface area contributed by atoms with Crippen molar-refractivity contribution in [1.82, 2.24) is 4.90 Å². The Balaban J connectivity index is 1.67. The first-order valence-electron chi connectivity index (χ1n) is 11.4. The topological polar surface area (TPSA) is 59.0 Å². The average molecular weight is 452 g/mol. The molecule has 2 atom stereocenters.